The van der Waals surface area contributed by atoms with E-state index in [1.165, 1.54) is 25.9 Å². The van der Waals surface area contributed by atoms with Crippen LogP contribution in [0.1, 0.15) is 10.4 Å². The summed E-state index contributed by atoms with van der Waals surface area (Å²) >= 11 is 7.34. The van der Waals surface area contributed by atoms with Gasteiger partial charge in [0.25, 0.3) is 5.56 Å². The SMILES string of the molecule is COc1cc(C(=O)CSc2nc3ccccc3c(=O)n2-c2cccc(Cl)c2)cc(OC)c1OC. The number of hydrogen-bond donors (Lipinski definition) is 0. The molecule has 9 heteroatoms. The zero-order valence-corrected chi connectivity index (χ0v) is 20.3. The molecule has 1 heterocycles. The molecule has 0 fully saturated rings. The Kier molecular flexibility index (Phi) is 7.09. The number of carbonyl (C=O) groups excluding carboxylic acids is 1. The van der Waals surface area contributed by atoms with Crippen LogP contribution in [0.15, 0.2) is 70.6 Å². The molecular formula is C25H21ClN2O5S. The molecule has 0 amide bonds. The molecule has 7 nitrogen and oxygen atoms in total. The molecule has 0 unspecified atom stereocenters. The summed E-state index contributed by atoms with van der Waals surface area (Å²) in [5.74, 6) is 1.01. The third-order valence-electron chi connectivity index (χ3n) is 5.13. The lowest BCUT2D eigenvalue weighted by atomic mass is 10.1. The number of rotatable bonds is 8. The van der Waals surface area contributed by atoms with E-state index in [2.05, 4.69) is 4.98 Å². The summed E-state index contributed by atoms with van der Waals surface area (Å²) in [7, 11) is 4.48. The second kappa shape index (κ2) is 10.2. The van der Waals surface area contributed by atoms with Gasteiger partial charge in [-0.3, -0.25) is 14.2 Å². The number of ketones is 1. The molecule has 0 aliphatic carbocycles. The Labute approximate surface area is 205 Å². The first-order valence-electron chi connectivity index (χ1n) is 10.2. The molecule has 0 atom stereocenters. The summed E-state index contributed by atoms with van der Waals surface area (Å²) in [5, 5.41) is 1.34. The van der Waals surface area contributed by atoms with Gasteiger partial charge in [-0.15, -0.1) is 0 Å². The van der Waals surface area contributed by atoms with Gasteiger partial charge in [-0.25, -0.2) is 4.98 Å². The Morgan fingerprint density at radius 2 is 1.68 bits per heavy atom. The van der Waals surface area contributed by atoms with Crippen molar-refractivity contribution in [2.75, 3.05) is 27.1 Å². The van der Waals surface area contributed by atoms with Crippen LogP contribution in [0.5, 0.6) is 17.2 Å². The molecule has 0 radical (unpaired) electrons. The van der Waals surface area contributed by atoms with Gasteiger partial charge in [0.2, 0.25) is 5.75 Å². The van der Waals surface area contributed by atoms with Crippen LogP contribution in [0.4, 0.5) is 0 Å². The van der Waals surface area contributed by atoms with Gasteiger partial charge in [-0.2, -0.15) is 0 Å². The van der Waals surface area contributed by atoms with E-state index in [9.17, 15) is 9.59 Å². The monoisotopic (exact) mass is 496 g/mol. The number of para-hydroxylation sites is 1. The molecule has 0 bridgehead atoms. The number of halogens is 1. The van der Waals surface area contributed by atoms with Crippen LogP contribution in [0.25, 0.3) is 16.6 Å². The fourth-order valence-electron chi connectivity index (χ4n) is 3.51. The summed E-state index contributed by atoms with van der Waals surface area (Å²) in [6.45, 7) is 0. The standard InChI is InChI=1S/C25H21ClN2O5S/c1-31-21-11-15(12-22(32-2)23(21)33-3)20(29)14-34-25-27-19-10-5-4-9-18(19)24(30)28(25)17-8-6-7-16(26)13-17/h4-13H,14H2,1-3H3. The number of thioether (sulfide) groups is 1. The Bertz CT molecular complexity index is 1410. The van der Waals surface area contributed by atoms with Crippen LogP contribution in [0.2, 0.25) is 5.02 Å². The fraction of sp³-hybridized carbons (Fsp3) is 0.160. The molecule has 0 saturated carbocycles. The van der Waals surface area contributed by atoms with Gasteiger partial charge in [0.1, 0.15) is 0 Å². The molecular weight excluding hydrogens is 476 g/mol. The first-order chi connectivity index (χ1) is 16.5. The van der Waals surface area contributed by atoms with Crippen LogP contribution in [0.3, 0.4) is 0 Å². The number of methoxy groups -OCH3 is 3. The molecule has 0 aliphatic heterocycles. The summed E-state index contributed by atoms with van der Waals surface area (Å²) < 4.78 is 17.5. The zero-order valence-electron chi connectivity index (χ0n) is 18.7. The number of ether oxygens (including phenoxy) is 3. The average molecular weight is 497 g/mol. The fourth-order valence-corrected chi connectivity index (χ4v) is 4.60. The van der Waals surface area contributed by atoms with E-state index in [0.717, 1.165) is 11.8 Å². The lowest BCUT2D eigenvalue weighted by Crippen LogP contribution is -2.22. The van der Waals surface area contributed by atoms with Crippen LogP contribution >= 0.6 is 23.4 Å². The minimum Gasteiger partial charge on any atom is -0.493 e. The van der Waals surface area contributed by atoms with Crippen LogP contribution in [0, 0.1) is 0 Å². The Morgan fingerprint density at radius 1 is 0.971 bits per heavy atom. The van der Waals surface area contributed by atoms with E-state index in [4.69, 9.17) is 25.8 Å². The summed E-state index contributed by atoms with van der Waals surface area (Å²) in [4.78, 5) is 31.1. The number of fused-ring (bicyclic) bond motifs is 1. The molecule has 1 aromatic heterocycles. The number of hydrogen-bond acceptors (Lipinski definition) is 7. The number of nitrogens with zero attached hydrogens (tertiary/aromatic N) is 2. The maximum Gasteiger partial charge on any atom is 0.266 e. The molecule has 0 spiro atoms. The molecule has 0 saturated heterocycles. The Balaban J connectivity index is 1.73. The van der Waals surface area contributed by atoms with Crippen molar-refractivity contribution in [3.05, 3.63) is 81.6 Å². The molecule has 4 rings (SSSR count). The van der Waals surface area contributed by atoms with Crippen LogP contribution < -0.4 is 19.8 Å². The first-order valence-corrected chi connectivity index (χ1v) is 11.6. The Morgan fingerprint density at radius 3 is 2.32 bits per heavy atom. The van der Waals surface area contributed by atoms with Gasteiger partial charge in [0.15, 0.2) is 22.4 Å². The minimum absolute atomic E-state index is 0.0317. The van der Waals surface area contributed by atoms with Gasteiger partial charge >= 0.3 is 0 Å². The van der Waals surface area contributed by atoms with Crippen LogP contribution in [-0.2, 0) is 0 Å². The Hall–Kier alpha value is -3.49. The largest absolute Gasteiger partial charge is 0.493 e. The van der Waals surface area contributed by atoms with Crippen molar-refractivity contribution in [3.63, 3.8) is 0 Å². The second-order valence-corrected chi connectivity index (χ2v) is 8.54. The molecule has 0 aliphatic rings. The molecule has 3 aromatic carbocycles. The topological polar surface area (TPSA) is 79.7 Å². The van der Waals surface area contributed by atoms with Crippen molar-refractivity contribution >= 4 is 40.0 Å². The highest BCUT2D eigenvalue weighted by Crippen LogP contribution is 2.38. The highest BCUT2D eigenvalue weighted by atomic mass is 35.5. The maximum absolute atomic E-state index is 13.3. The smallest absolute Gasteiger partial charge is 0.266 e. The normalized spacial score (nSPS) is 10.8. The predicted octanol–water partition coefficient (Wildman–Crippen LogP) is 5.04. The number of carbonyl (C=O) groups is 1. The third kappa shape index (κ3) is 4.60. The van der Waals surface area contributed by atoms with E-state index in [0.29, 0.717) is 49.6 Å². The van der Waals surface area contributed by atoms with Crippen molar-refractivity contribution in [2.45, 2.75) is 5.16 Å². The summed E-state index contributed by atoms with van der Waals surface area (Å²) in [6, 6.07) is 17.2. The van der Waals surface area contributed by atoms with E-state index >= 15 is 0 Å². The number of benzene rings is 3. The van der Waals surface area contributed by atoms with Crippen LogP contribution in [-0.4, -0.2) is 42.4 Å². The lowest BCUT2D eigenvalue weighted by Gasteiger charge is -2.15. The van der Waals surface area contributed by atoms with Gasteiger partial charge in [-0.1, -0.05) is 41.6 Å². The predicted molar refractivity (Wildman–Crippen MR) is 134 cm³/mol. The van der Waals surface area contributed by atoms with E-state index in [1.54, 1.807) is 54.6 Å². The molecule has 34 heavy (non-hydrogen) atoms. The highest BCUT2D eigenvalue weighted by Gasteiger charge is 2.19. The summed E-state index contributed by atoms with van der Waals surface area (Å²) in [5.41, 5.74) is 1.27. The van der Waals surface area contributed by atoms with Crippen molar-refractivity contribution in [3.8, 4) is 22.9 Å². The second-order valence-electron chi connectivity index (χ2n) is 7.16. The average Bonchev–Trinajstić information content (AvgIpc) is 2.86. The number of Topliss-reactive ketones (excluding diaryl/α,β-unsaturated/α-hetero) is 1. The van der Waals surface area contributed by atoms with Gasteiger partial charge < -0.3 is 14.2 Å². The third-order valence-corrected chi connectivity index (χ3v) is 6.30. The van der Waals surface area contributed by atoms with Gasteiger partial charge in [-0.05, 0) is 42.5 Å². The zero-order chi connectivity index (χ0) is 24.2. The summed E-state index contributed by atoms with van der Waals surface area (Å²) in [6.07, 6.45) is 0. The maximum atomic E-state index is 13.3. The van der Waals surface area contributed by atoms with Gasteiger partial charge in [0, 0.05) is 10.6 Å². The van der Waals surface area contributed by atoms with E-state index < -0.39 is 0 Å². The van der Waals surface area contributed by atoms with Crippen molar-refractivity contribution in [2.24, 2.45) is 0 Å². The van der Waals surface area contributed by atoms with Crippen molar-refractivity contribution in [1.82, 2.24) is 9.55 Å². The highest BCUT2D eigenvalue weighted by molar-refractivity contribution is 7.99. The minimum atomic E-state index is -0.240. The lowest BCUT2D eigenvalue weighted by molar-refractivity contribution is 0.102. The molecule has 174 valence electrons. The molecule has 4 aromatic rings. The van der Waals surface area contributed by atoms with E-state index in [1.807, 2.05) is 6.07 Å². The number of aromatic nitrogens is 2. The first kappa shape index (κ1) is 23.7. The molecule has 0 N–H and O–H groups in total. The quantitative estimate of drug-likeness (QED) is 0.192. The van der Waals surface area contributed by atoms with Gasteiger partial charge in [0.05, 0.1) is 43.7 Å². The van der Waals surface area contributed by atoms with E-state index in [-0.39, 0.29) is 17.1 Å². The van der Waals surface area contributed by atoms with Crippen molar-refractivity contribution in [1.29, 1.82) is 0 Å². The van der Waals surface area contributed by atoms with Crippen molar-refractivity contribution < 1.29 is 19.0 Å².